The predicted molar refractivity (Wildman–Crippen MR) is 57.5 cm³/mol. The summed E-state index contributed by atoms with van der Waals surface area (Å²) in [5.74, 6) is -0.177. The van der Waals surface area contributed by atoms with Crippen molar-refractivity contribution in [1.82, 2.24) is 9.88 Å². The molecule has 0 bridgehead atoms. The third-order valence-electron chi connectivity index (χ3n) is 1.57. The monoisotopic (exact) mass is 292 g/mol. The van der Waals surface area contributed by atoms with Crippen molar-refractivity contribution in [3.8, 4) is 0 Å². The molecule has 0 spiro atoms. The minimum absolute atomic E-state index is 0.0756. The number of halogens is 1. The Morgan fingerprint density at radius 2 is 2.38 bits per heavy atom. The Balaban J connectivity index is 2.96. The van der Waals surface area contributed by atoms with Crippen LogP contribution in [0.25, 0.3) is 0 Å². The molecule has 0 aromatic carbocycles. The molecule has 0 aliphatic heterocycles. The summed E-state index contributed by atoms with van der Waals surface area (Å²) in [6, 6.07) is 3.45. The minimum Gasteiger partial charge on any atom is -0.358 e. The molecule has 1 aromatic rings. The quantitative estimate of drug-likeness (QED) is 0.792. The highest BCUT2D eigenvalue weighted by atomic mass is 127. The van der Waals surface area contributed by atoms with Gasteiger partial charge in [0.25, 0.3) is 5.56 Å². The zero-order valence-electron chi connectivity index (χ0n) is 7.08. The standard InChI is InChI=1S/C8H9IN2O2/c1-10-7(12)5-11-4-2-3-6(9)8(11)13/h2-4H,5H2,1H3,(H,10,12). The lowest BCUT2D eigenvalue weighted by Crippen LogP contribution is -2.30. The van der Waals surface area contributed by atoms with Crippen molar-refractivity contribution in [2.75, 3.05) is 7.05 Å². The van der Waals surface area contributed by atoms with E-state index in [0.29, 0.717) is 3.57 Å². The molecular formula is C8H9IN2O2. The SMILES string of the molecule is CNC(=O)Cn1cccc(I)c1=O. The van der Waals surface area contributed by atoms with Crippen molar-refractivity contribution in [3.63, 3.8) is 0 Å². The van der Waals surface area contributed by atoms with Crippen LogP contribution in [0.2, 0.25) is 0 Å². The average molecular weight is 292 g/mol. The van der Waals surface area contributed by atoms with Crippen molar-refractivity contribution in [1.29, 1.82) is 0 Å². The summed E-state index contributed by atoms with van der Waals surface area (Å²) < 4.78 is 1.99. The fourth-order valence-electron chi connectivity index (χ4n) is 0.866. The fourth-order valence-corrected chi connectivity index (χ4v) is 1.38. The number of carbonyl (C=O) groups excluding carboxylic acids is 1. The van der Waals surface area contributed by atoms with Crippen molar-refractivity contribution >= 4 is 28.5 Å². The second-order valence-electron chi connectivity index (χ2n) is 2.46. The highest BCUT2D eigenvalue weighted by Gasteiger charge is 2.03. The maximum Gasteiger partial charge on any atom is 0.264 e. The number of rotatable bonds is 2. The Labute approximate surface area is 89.1 Å². The molecule has 0 saturated carbocycles. The van der Waals surface area contributed by atoms with Crippen molar-refractivity contribution < 1.29 is 4.79 Å². The third kappa shape index (κ3) is 2.55. The summed E-state index contributed by atoms with van der Waals surface area (Å²) >= 11 is 1.94. The van der Waals surface area contributed by atoms with E-state index in [-0.39, 0.29) is 18.0 Å². The number of likely N-dealkylation sites (N-methyl/N-ethyl adjacent to an activating group) is 1. The second-order valence-corrected chi connectivity index (χ2v) is 3.62. The Kier molecular flexibility index (Phi) is 3.47. The molecule has 1 aromatic heterocycles. The molecule has 0 fully saturated rings. The maximum atomic E-state index is 11.4. The van der Waals surface area contributed by atoms with E-state index in [4.69, 9.17) is 0 Å². The van der Waals surface area contributed by atoms with Crippen LogP contribution in [-0.4, -0.2) is 17.5 Å². The largest absolute Gasteiger partial charge is 0.358 e. The normalized spacial score (nSPS) is 9.69. The van der Waals surface area contributed by atoms with Gasteiger partial charge in [0.2, 0.25) is 5.91 Å². The summed E-state index contributed by atoms with van der Waals surface area (Å²) in [5.41, 5.74) is -0.133. The Morgan fingerprint density at radius 1 is 1.69 bits per heavy atom. The molecule has 1 amide bonds. The van der Waals surface area contributed by atoms with Gasteiger partial charge in [0.1, 0.15) is 6.54 Å². The lowest BCUT2D eigenvalue weighted by Gasteiger charge is -2.03. The van der Waals surface area contributed by atoms with Crippen LogP contribution in [-0.2, 0) is 11.3 Å². The lowest BCUT2D eigenvalue weighted by atomic mass is 10.4. The van der Waals surface area contributed by atoms with Gasteiger partial charge in [-0.25, -0.2) is 0 Å². The lowest BCUT2D eigenvalue weighted by molar-refractivity contribution is -0.121. The van der Waals surface area contributed by atoms with E-state index in [1.165, 1.54) is 4.57 Å². The predicted octanol–water partition coefficient (Wildman–Crippen LogP) is 0.199. The number of amides is 1. The van der Waals surface area contributed by atoms with Crippen LogP contribution >= 0.6 is 22.6 Å². The van der Waals surface area contributed by atoms with Gasteiger partial charge in [-0.15, -0.1) is 0 Å². The summed E-state index contributed by atoms with van der Waals surface area (Å²) in [6.07, 6.45) is 1.60. The first kappa shape index (κ1) is 10.2. The molecule has 0 saturated heterocycles. The van der Waals surface area contributed by atoms with E-state index >= 15 is 0 Å². The summed E-state index contributed by atoms with van der Waals surface area (Å²) in [7, 11) is 1.54. The summed E-state index contributed by atoms with van der Waals surface area (Å²) in [4.78, 5) is 22.4. The molecule has 1 N–H and O–H groups in total. The van der Waals surface area contributed by atoms with E-state index in [2.05, 4.69) is 5.32 Å². The topological polar surface area (TPSA) is 51.1 Å². The first-order valence-corrected chi connectivity index (χ1v) is 4.78. The molecule has 5 heteroatoms. The zero-order chi connectivity index (χ0) is 9.84. The zero-order valence-corrected chi connectivity index (χ0v) is 9.24. The Hall–Kier alpha value is -0.850. The molecular weight excluding hydrogens is 283 g/mol. The number of pyridine rings is 1. The van der Waals surface area contributed by atoms with Gasteiger partial charge in [-0.1, -0.05) is 0 Å². The van der Waals surface area contributed by atoms with Crippen LogP contribution in [0.4, 0.5) is 0 Å². The average Bonchev–Trinajstić information content (AvgIpc) is 2.13. The third-order valence-corrected chi connectivity index (χ3v) is 2.39. The van der Waals surface area contributed by atoms with Crippen LogP contribution in [0.5, 0.6) is 0 Å². The van der Waals surface area contributed by atoms with E-state index in [9.17, 15) is 9.59 Å². The number of nitrogens with one attached hydrogen (secondary N) is 1. The van der Waals surface area contributed by atoms with E-state index in [1.54, 1.807) is 25.4 Å². The van der Waals surface area contributed by atoms with Gasteiger partial charge in [-0.05, 0) is 34.7 Å². The van der Waals surface area contributed by atoms with Gasteiger partial charge >= 0.3 is 0 Å². The summed E-state index contributed by atoms with van der Waals surface area (Å²) in [6.45, 7) is 0.0756. The van der Waals surface area contributed by atoms with Crippen molar-refractivity contribution in [2.24, 2.45) is 0 Å². The van der Waals surface area contributed by atoms with Crippen molar-refractivity contribution in [3.05, 3.63) is 32.3 Å². The molecule has 13 heavy (non-hydrogen) atoms. The number of aromatic nitrogens is 1. The Morgan fingerprint density at radius 3 is 3.00 bits per heavy atom. The van der Waals surface area contributed by atoms with Crippen molar-refractivity contribution in [2.45, 2.75) is 6.54 Å². The smallest absolute Gasteiger partial charge is 0.264 e. The van der Waals surface area contributed by atoms with Gasteiger partial charge in [-0.3, -0.25) is 9.59 Å². The second kappa shape index (κ2) is 4.40. The first-order chi connectivity index (χ1) is 6.15. The van der Waals surface area contributed by atoms with Gasteiger partial charge in [-0.2, -0.15) is 0 Å². The molecule has 0 radical (unpaired) electrons. The van der Waals surface area contributed by atoms with Gasteiger partial charge in [0.05, 0.1) is 3.57 Å². The molecule has 1 heterocycles. The van der Waals surface area contributed by atoms with E-state index in [1.807, 2.05) is 22.6 Å². The van der Waals surface area contributed by atoms with Gasteiger partial charge < -0.3 is 9.88 Å². The van der Waals surface area contributed by atoms with E-state index < -0.39 is 0 Å². The highest BCUT2D eigenvalue weighted by Crippen LogP contribution is 1.95. The van der Waals surface area contributed by atoms with Crippen LogP contribution in [0, 0.1) is 3.57 Å². The summed E-state index contributed by atoms with van der Waals surface area (Å²) in [5, 5.41) is 2.46. The van der Waals surface area contributed by atoms with Crippen LogP contribution in [0.1, 0.15) is 0 Å². The highest BCUT2D eigenvalue weighted by molar-refractivity contribution is 14.1. The molecule has 0 aliphatic rings. The molecule has 0 aliphatic carbocycles. The molecule has 0 unspecified atom stereocenters. The minimum atomic E-state index is -0.177. The van der Waals surface area contributed by atoms with Crippen LogP contribution in [0.15, 0.2) is 23.1 Å². The number of carbonyl (C=O) groups is 1. The molecule has 4 nitrogen and oxygen atoms in total. The maximum absolute atomic E-state index is 11.4. The number of hydrogen-bond acceptors (Lipinski definition) is 2. The van der Waals surface area contributed by atoms with Gasteiger partial charge in [0, 0.05) is 13.2 Å². The number of hydrogen-bond donors (Lipinski definition) is 1. The first-order valence-electron chi connectivity index (χ1n) is 3.70. The van der Waals surface area contributed by atoms with Crippen LogP contribution < -0.4 is 10.9 Å². The molecule has 0 atom stereocenters. The molecule has 70 valence electrons. The Bertz CT molecular complexity index is 373. The molecule has 1 rings (SSSR count). The fraction of sp³-hybridized carbons (Fsp3) is 0.250. The number of nitrogens with zero attached hydrogens (tertiary/aromatic N) is 1. The van der Waals surface area contributed by atoms with E-state index in [0.717, 1.165) is 0 Å². The van der Waals surface area contributed by atoms with Crippen LogP contribution in [0.3, 0.4) is 0 Å². The van der Waals surface area contributed by atoms with Gasteiger partial charge in [0.15, 0.2) is 0 Å².